The van der Waals surface area contributed by atoms with Gasteiger partial charge < -0.3 is 20.7 Å². The van der Waals surface area contributed by atoms with E-state index in [4.69, 9.17) is 4.74 Å². The van der Waals surface area contributed by atoms with E-state index in [9.17, 15) is 4.79 Å². The van der Waals surface area contributed by atoms with Gasteiger partial charge in [-0.3, -0.25) is 9.79 Å². The number of hydrogen-bond donors (Lipinski definition) is 3. The Morgan fingerprint density at radius 2 is 1.78 bits per heavy atom. The van der Waals surface area contributed by atoms with E-state index < -0.39 is 0 Å². The van der Waals surface area contributed by atoms with Crippen LogP contribution in [0.15, 0.2) is 35.3 Å². The lowest BCUT2D eigenvalue weighted by Gasteiger charge is -2.21. The molecule has 0 heterocycles. The average molecular weight is 490 g/mol. The molecule has 0 aliphatic carbocycles. The van der Waals surface area contributed by atoms with Crippen LogP contribution in [0.2, 0.25) is 0 Å². The summed E-state index contributed by atoms with van der Waals surface area (Å²) in [6.45, 7) is 8.39. The summed E-state index contributed by atoms with van der Waals surface area (Å²) < 4.78 is 5.67. The van der Waals surface area contributed by atoms with Crippen molar-refractivity contribution in [3.63, 3.8) is 0 Å². The Bertz CT molecular complexity index is 545. The SMILES string of the molecule is CN=C(NCCCCOCCc1ccccc1)NCC(=O)NC(C)(C)C.I. The number of guanidine groups is 1. The molecule has 3 N–H and O–H groups in total. The van der Waals surface area contributed by atoms with Gasteiger partial charge in [0.1, 0.15) is 0 Å². The van der Waals surface area contributed by atoms with Crippen molar-refractivity contribution in [2.24, 2.45) is 4.99 Å². The molecule has 154 valence electrons. The maximum Gasteiger partial charge on any atom is 0.239 e. The number of rotatable bonds is 10. The molecule has 0 spiro atoms. The van der Waals surface area contributed by atoms with Crippen molar-refractivity contribution in [1.29, 1.82) is 0 Å². The van der Waals surface area contributed by atoms with Crippen LogP contribution in [0.25, 0.3) is 0 Å². The van der Waals surface area contributed by atoms with Crippen LogP contribution in [-0.2, 0) is 16.0 Å². The van der Waals surface area contributed by atoms with Gasteiger partial charge in [0.25, 0.3) is 0 Å². The quantitative estimate of drug-likeness (QED) is 0.204. The van der Waals surface area contributed by atoms with Gasteiger partial charge in [-0.25, -0.2) is 0 Å². The molecule has 6 nitrogen and oxygen atoms in total. The highest BCUT2D eigenvalue weighted by atomic mass is 127. The van der Waals surface area contributed by atoms with Crippen LogP contribution in [0.3, 0.4) is 0 Å². The van der Waals surface area contributed by atoms with E-state index in [1.54, 1.807) is 7.05 Å². The number of nitrogens with zero attached hydrogens (tertiary/aromatic N) is 1. The molecule has 27 heavy (non-hydrogen) atoms. The number of unbranched alkanes of at least 4 members (excludes halogenated alkanes) is 1. The highest BCUT2D eigenvalue weighted by molar-refractivity contribution is 14.0. The lowest BCUT2D eigenvalue weighted by Crippen LogP contribution is -2.48. The van der Waals surface area contributed by atoms with Crippen LogP contribution in [-0.4, -0.2) is 50.8 Å². The highest BCUT2D eigenvalue weighted by Gasteiger charge is 2.13. The molecule has 1 amide bonds. The summed E-state index contributed by atoms with van der Waals surface area (Å²) in [5.41, 5.74) is 1.08. The molecule has 0 unspecified atom stereocenters. The number of carbonyl (C=O) groups is 1. The summed E-state index contributed by atoms with van der Waals surface area (Å²) in [5.74, 6) is 0.589. The minimum atomic E-state index is -0.226. The predicted molar refractivity (Wildman–Crippen MR) is 123 cm³/mol. The Balaban J connectivity index is 0.00000676. The van der Waals surface area contributed by atoms with Gasteiger partial charge in [0, 0.05) is 25.7 Å². The van der Waals surface area contributed by atoms with Gasteiger partial charge >= 0.3 is 0 Å². The van der Waals surface area contributed by atoms with Crippen LogP contribution in [0.1, 0.15) is 39.2 Å². The minimum Gasteiger partial charge on any atom is -0.381 e. The van der Waals surface area contributed by atoms with Gasteiger partial charge in [-0.2, -0.15) is 0 Å². The summed E-state index contributed by atoms with van der Waals surface area (Å²) in [6.07, 6.45) is 2.93. The van der Waals surface area contributed by atoms with Gasteiger partial charge in [0.05, 0.1) is 13.2 Å². The molecule has 7 heteroatoms. The zero-order valence-corrected chi connectivity index (χ0v) is 19.3. The van der Waals surface area contributed by atoms with Crippen molar-refractivity contribution in [2.75, 3.05) is 33.4 Å². The molecule has 1 rings (SSSR count). The molecule has 0 aliphatic heterocycles. The first-order valence-corrected chi connectivity index (χ1v) is 9.28. The van der Waals surface area contributed by atoms with Gasteiger partial charge in [0.2, 0.25) is 5.91 Å². The molecule has 0 atom stereocenters. The monoisotopic (exact) mass is 490 g/mol. The van der Waals surface area contributed by atoms with Crippen LogP contribution < -0.4 is 16.0 Å². The highest BCUT2D eigenvalue weighted by Crippen LogP contribution is 2.00. The lowest BCUT2D eigenvalue weighted by molar-refractivity contribution is -0.121. The molecule has 1 aromatic carbocycles. The van der Waals surface area contributed by atoms with Crippen molar-refractivity contribution in [3.05, 3.63) is 35.9 Å². The number of aliphatic imine (C=N–C) groups is 1. The summed E-state index contributed by atoms with van der Waals surface area (Å²) in [5, 5.41) is 9.13. The fourth-order valence-corrected chi connectivity index (χ4v) is 2.32. The molecule has 0 saturated carbocycles. The molecule has 0 bridgehead atoms. The molecule has 0 aromatic heterocycles. The summed E-state index contributed by atoms with van der Waals surface area (Å²) in [6, 6.07) is 10.4. The molecular formula is C20H35IN4O2. The third kappa shape index (κ3) is 14.4. The van der Waals surface area contributed by atoms with Crippen LogP contribution in [0, 0.1) is 0 Å². The number of benzene rings is 1. The summed E-state index contributed by atoms with van der Waals surface area (Å²) in [7, 11) is 1.70. The standard InChI is InChI=1S/C20H34N4O2.HI/c1-20(2,3)24-18(25)16-23-19(21-4)22-13-8-9-14-26-15-12-17-10-6-5-7-11-17;/h5-7,10-11H,8-9,12-16H2,1-4H3,(H,24,25)(H2,21,22,23);1H. The maximum absolute atomic E-state index is 11.8. The van der Waals surface area contributed by atoms with Crippen LogP contribution in [0.5, 0.6) is 0 Å². The number of carbonyl (C=O) groups excluding carboxylic acids is 1. The van der Waals surface area contributed by atoms with E-state index in [1.165, 1.54) is 5.56 Å². The molecule has 0 saturated heterocycles. The van der Waals surface area contributed by atoms with Gasteiger partial charge in [-0.05, 0) is 45.6 Å². The molecule has 0 fully saturated rings. The first kappa shape index (κ1) is 25.6. The summed E-state index contributed by atoms with van der Waals surface area (Å²) >= 11 is 0. The smallest absolute Gasteiger partial charge is 0.239 e. The number of amides is 1. The van der Waals surface area contributed by atoms with Crippen molar-refractivity contribution in [2.45, 2.75) is 45.6 Å². The maximum atomic E-state index is 11.8. The van der Waals surface area contributed by atoms with Gasteiger partial charge in [-0.15, -0.1) is 24.0 Å². The first-order chi connectivity index (χ1) is 12.4. The Morgan fingerprint density at radius 3 is 2.41 bits per heavy atom. The van der Waals surface area contributed by atoms with E-state index in [1.807, 2.05) is 26.8 Å². The number of hydrogen-bond acceptors (Lipinski definition) is 3. The van der Waals surface area contributed by atoms with Crippen molar-refractivity contribution in [1.82, 2.24) is 16.0 Å². The topological polar surface area (TPSA) is 74.8 Å². The normalized spacial score (nSPS) is 11.5. The van der Waals surface area contributed by atoms with Gasteiger partial charge in [0.15, 0.2) is 5.96 Å². The zero-order chi connectivity index (χ0) is 19.3. The van der Waals surface area contributed by atoms with E-state index >= 15 is 0 Å². The zero-order valence-electron chi connectivity index (χ0n) is 17.0. The second-order valence-electron chi connectivity index (χ2n) is 7.21. The third-order valence-corrected chi connectivity index (χ3v) is 3.54. The van der Waals surface area contributed by atoms with Crippen LogP contribution in [0.4, 0.5) is 0 Å². The Kier molecular flexibility index (Phi) is 13.9. The number of nitrogens with one attached hydrogen (secondary N) is 3. The Morgan fingerprint density at radius 1 is 1.07 bits per heavy atom. The second-order valence-corrected chi connectivity index (χ2v) is 7.21. The predicted octanol–water partition coefficient (Wildman–Crippen LogP) is 2.72. The fraction of sp³-hybridized carbons (Fsp3) is 0.600. The van der Waals surface area contributed by atoms with E-state index in [-0.39, 0.29) is 42.0 Å². The third-order valence-electron chi connectivity index (χ3n) is 3.54. The van der Waals surface area contributed by atoms with E-state index in [0.29, 0.717) is 5.96 Å². The number of ether oxygens (including phenoxy) is 1. The van der Waals surface area contributed by atoms with Crippen LogP contribution >= 0.6 is 24.0 Å². The van der Waals surface area contributed by atoms with E-state index in [0.717, 1.165) is 39.0 Å². The lowest BCUT2D eigenvalue weighted by atomic mass is 10.1. The van der Waals surface area contributed by atoms with Crippen molar-refractivity contribution >= 4 is 35.8 Å². The Labute approximate surface area is 181 Å². The number of halogens is 1. The fourth-order valence-electron chi connectivity index (χ4n) is 2.32. The van der Waals surface area contributed by atoms with Crippen molar-refractivity contribution in [3.8, 4) is 0 Å². The summed E-state index contributed by atoms with van der Waals surface area (Å²) in [4.78, 5) is 15.9. The van der Waals surface area contributed by atoms with Gasteiger partial charge in [-0.1, -0.05) is 30.3 Å². The second kappa shape index (κ2) is 14.7. The molecule has 0 aliphatic rings. The van der Waals surface area contributed by atoms with Crippen molar-refractivity contribution < 1.29 is 9.53 Å². The molecule has 1 aromatic rings. The van der Waals surface area contributed by atoms with E-state index in [2.05, 4.69) is 45.2 Å². The first-order valence-electron chi connectivity index (χ1n) is 9.28. The molecule has 0 radical (unpaired) electrons. The Hall–Kier alpha value is -1.35. The largest absolute Gasteiger partial charge is 0.381 e. The average Bonchev–Trinajstić information content (AvgIpc) is 2.59. The minimum absolute atomic E-state index is 0. The molecular weight excluding hydrogens is 455 g/mol.